The van der Waals surface area contributed by atoms with E-state index < -0.39 is 0 Å². The van der Waals surface area contributed by atoms with Crippen LogP contribution in [-0.4, -0.2) is 44.3 Å². The first-order valence-electron chi connectivity index (χ1n) is 7.73. The molecule has 2 fully saturated rings. The summed E-state index contributed by atoms with van der Waals surface area (Å²) >= 11 is 5.91. The highest BCUT2D eigenvalue weighted by molar-refractivity contribution is 6.30. The molecule has 0 radical (unpaired) electrons. The maximum Gasteiger partial charge on any atom is 0.129 e. The highest BCUT2D eigenvalue weighted by Crippen LogP contribution is 2.37. The van der Waals surface area contributed by atoms with Gasteiger partial charge in [-0.15, -0.1) is 0 Å². The van der Waals surface area contributed by atoms with Crippen LogP contribution in [0.5, 0.6) is 0 Å². The summed E-state index contributed by atoms with van der Waals surface area (Å²) in [5.41, 5.74) is 0.785. The molecule has 0 spiro atoms. The molecule has 0 aromatic heterocycles. The van der Waals surface area contributed by atoms with Gasteiger partial charge in [0.25, 0.3) is 0 Å². The minimum atomic E-state index is -0.183. The van der Waals surface area contributed by atoms with Crippen molar-refractivity contribution in [2.75, 3.05) is 39.4 Å². The summed E-state index contributed by atoms with van der Waals surface area (Å²) in [6.07, 6.45) is 1.99. The Morgan fingerprint density at radius 1 is 1.24 bits per heavy atom. The molecule has 0 unspecified atom stereocenters. The Labute approximate surface area is 130 Å². The Morgan fingerprint density at radius 3 is 2.62 bits per heavy atom. The van der Waals surface area contributed by atoms with Crippen LogP contribution in [-0.2, 0) is 4.74 Å². The fourth-order valence-corrected chi connectivity index (χ4v) is 3.64. The van der Waals surface area contributed by atoms with Crippen LogP contribution in [0.25, 0.3) is 0 Å². The van der Waals surface area contributed by atoms with Gasteiger partial charge in [0.15, 0.2) is 0 Å². The third-order valence-electron chi connectivity index (χ3n) is 4.54. The summed E-state index contributed by atoms with van der Waals surface area (Å²) < 4.78 is 19.9. The summed E-state index contributed by atoms with van der Waals surface area (Å²) in [7, 11) is 0. The van der Waals surface area contributed by atoms with Crippen LogP contribution in [0.2, 0.25) is 5.02 Å². The molecule has 3 rings (SSSR count). The van der Waals surface area contributed by atoms with E-state index in [9.17, 15) is 4.39 Å². The Hall–Kier alpha value is -0.680. The monoisotopic (exact) mass is 312 g/mol. The van der Waals surface area contributed by atoms with Gasteiger partial charge in [-0.1, -0.05) is 17.7 Å². The lowest BCUT2D eigenvalue weighted by Gasteiger charge is -2.41. The molecule has 1 aromatic rings. The summed E-state index contributed by atoms with van der Waals surface area (Å²) in [5.74, 6) is 0.269. The molecule has 0 amide bonds. The third kappa shape index (κ3) is 3.57. The largest absolute Gasteiger partial charge is 0.381 e. The molecule has 1 atom stereocenters. The van der Waals surface area contributed by atoms with E-state index in [4.69, 9.17) is 16.3 Å². The Bertz CT molecular complexity index is 455. The van der Waals surface area contributed by atoms with Crippen LogP contribution in [0.3, 0.4) is 0 Å². The Morgan fingerprint density at radius 2 is 1.95 bits per heavy atom. The zero-order valence-corrected chi connectivity index (χ0v) is 12.9. The van der Waals surface area contributed by atoms with Crippen molar-refractivity contribution in [2.45, 2.75) is 18.9 Å². The topological polar surface area (TPSA) is 24.5 Å². The molecular formula is C16H22ClFN2O. The average Bonchev–Trinajstić information content (AvgIpc) is 2.52. The number of benzene rings is 1. The number of halogens is 2. The summed E-state index contributed by atoms with van der Waals surface area (Å²) in [5, 5.41) is 3.83. The lowest BCUT2D eigenvalue weighted by molar-refractivity contribution is 0.0203. The van der Waals surface area contributed by atoms with E-state index in [1.165, 1.54) is 6.07 Å². The van der Waals surface area contributed by atoms with Crippen LogP contribution in [0, 0.1) is 11.7 Å². The highest BCUT2D eigenvalue weighted by atomic mass is 35.5. The second kappa shape index (κ2) is 7.05. The van der Waals surface area contributed by atoms with Gasteiger partial charge in [0.1, 0.15) is 5.82 Å². The number of rotatable bonds is 3. The number of hydrogen-bond acceptors (Lipinski definition) is 3. The molecule has 0 bridgehead atoms. The first-order valence-corrected chi connectivity index (χ1v) is 8.11. The lowest BCUT2D eigenvalue weighted by Crippen LogP contribution is -2.47. The normalized spacial score (nSPS) is 23.1. The third-order valence-corrected chi connectivity index (χ3v) is 4.77. The zero-order valence-electron chi connectivity index (χ0n) is 12.2. The summed E-state index contributed by atoms with van der Waals surface area (Å²) in [6.45, 7) is 5.42. The van der Waals surface area contributed by atoms with Crippen molar-refractivity contribution in [1.82, 2.24) is 10.2 Å². The van der Waals surface area contributed by atoms with Crippen LogP contribution in [0.15, 0.2) is 18.2 Å². The van der Waals surface area contributed by atoms with Gasteiger partial charge in [0.05, 0.1) is 0 Å². The minimum Gasteiger partial charge on any atom is -0.381 e. The second-order valence-electron chi connectivity index (χ2n) is 5.85. The van der Waals surface area contributed by atoms with Gasteiger partial charge in [0, 0.05) is 56.0 Å². The number of nitrogens with one attached hydrogen (secondary N) is 1. The van der Waals surface area contributed by atoms with Crippen LogP contribution < -0.4 is 5.32 Å². The fourth-order valence-electron chi connectivity index (χ4n) is 3.48. The molecule has 3 nitrogen and oxygen atoms in total. The molecular weight excluding hydrogens is 291 g/mol. The van der Waals surface area contributed by atoms with Crippen LogP contribution in [0.4, 0.5) is 4.39 Å². The molecule has 1 N–H and O–H groups in total. The van der Waals surface area contributed by atoms with Crippen molar-refractivity contribution in [3.8, 4) is 0 Å². The van der Waals surface area contributed by atoms with Crippen LogP contribution in [0.1, 0.15) is 24.4 Å². The molecule has 2 aliphatic rings. The van der Waals surface area contributed by atoms with Crippen molar-refractivity contribution in [1.29, 1.82) is 0 Å². The molecule has 1 aromatic carbocycles. The molecule has 2 heterocycles. The predicted octanol–water partition coefficient (Wildman–Crippen LogP) is 2.85. The van der Waals surface area contributed by atoms with Crippen molar-refractivity contribution in [2.24, 2.45) is 5.92 Å². The summed E-state index contributed by atoms with van der Waals surface area (Å²) in [4.78, 5) is 2.42. The number of hydrogen-bond donors (Lipinski definition) is 1. The second-order valence-corrected chi connectivity index (χ2v) is 6.28. The van der Waals surface area contributed by atoms with Gasteiger partial charge in [-0.2, -0.15) is 0 Å². The van der Waals surface area contributed by atoms with Gasteiger partial charge < -0.3 is 10.1 Å². The highest BCUT2D eigenvalue weighted by Gasteiger charge is 2.32. The number of nitrogens with zero attached hydrogens (tertiary/aromatic N) is 1. The first kappa shape index (κ1) is 15.2. The maximum atomic E-state index is 14.5. The standard InChI is InChI=1S/C16H22ClFN2O/c17-13-1-2-14(15(18)11-13)16(12-3-9-21-10-4-12)20-7-5-19-6-8-20/h1-2,11-12,16,19H,3-10H2/t16-/m1/s1. The van der Waals surface area contributed by atoms with Gasteiger partial charge in [-0.25, -0.2) is 4.39 Å². The molecule has 116 valence electrons. The van der Waals surface area contributed by atoms with Gasteiger partial charge in [-0.3, -0.25) is 4.90 Å². The van der Waals surface area contributed by atoms with E-state index in [0.29, 0.717) is 10.9 Å². The van der Waals surface area contributed by atoms with Crippen molar-refractivity contribution >= 4 is 11.6 Å². The van der Waals surface area contributed by atoms with E-state index in [1.54, 1.807) is 6.07 Å². The van der Waals surface area contributed by atoms with E-state index >= 15 is 0 Å². The van der Waals surface area contributed by atoms with Crippen molar-refractivity contribution in [3.05, 3.63) is 34.6 Å². The SMILES string of the molecule is Fc1cc(Cl)ccc1[C@@H](C1CCOCC1)N1CCNCC1. The Kier molecular flexibility index (Phi) is 5.11. The summed E-state index contributed by atoms with van der Waals surface area (Å²) in [6, 6.07) is 5.23. The molecule has 0 aliphatic carbocycles. The quantitative estimate of drug-likeness (QED) is 0.929. The van der Waals surface area contributed by atoms with Gasteiger partial charge in [0.2, 0.25) is 0 Å². The average molecular weight is 313 g/mol. The molecule has 2 saturated heterocycles. The molecule has 2 aliphatic heterocycles. The van der Waals surface area contributed by atoms with Gasteiger partial charge in [-0.05, 0) is 30.9 Å². The number of piperazine rings is 1. The van der Waals surface area contributed by atoms with E-state index in [-0.39, 0.29) is 11.9 Å². The van der Waals surface area contributed by atoms with Gasteiger partial charge >= 0.3 is 0 Å². The fraction of sp³-hybridized carbons (Fsp3) is 0.625. The van der Waals surface area contributed by atoms with Crippen LogP contribution >= 0.6 is 11.6 Å². The number of ether oxygens (including phenoxy) is 1. The molecule has 0 saturated carbocycles. The zero-order chi connectivity index (χ0) is 14.7. The minimum absolute atomic E-state index is 0.133. The predicted molar refractivity (Wildman–Crippen MR) is 82.1 cm³/mol. The van der Waals surface area contributed by atoms with E-state index in [2.05, 4.69) is 10.2 Å². The molecule has 21 heavy (non-hydrogen) atoms. The van der Waals surface area contributed by atoms with E-state index in [1.807, 2.05) is 6.07 Å². The maximum absolute atomic E-state index is 14.5. The van der Waals surface area contributed by atoms with Crippen molar-refractivity contribution < 1.29 is 9.13 Å². The smallest absolute Gasteiger partial charge is 0.129 e. The van der Waals surface area contributed by atoms with E-state index in [0.717, 1.165) is 57.8 Å². The van der Waals surface area contributed by atoms with Crippen molar-refractivity contribution in [3.63, 3.8) is 0 Å². The lowest BCUT2D eigenvalue weighted by atomic mass is 9.85. The first-order chi connectivity index (χ1) is 10.3. The molecule has 5 heteroatoms. The Balaban J connectivity index is 1.89.